The van der Waals surface area contributed by atoms with Gasteiger partial charge in [-0.15, -0.1) is 0 Å². The molecule has 0 radical (unpaired) electrons. The third-order valence-electron chi connectivity index (χ3n) is 24.6. The second-order valence-electron chi connectivity index (χ2n) is 32.2. The van der Waals surface area contributed by atoms with E-state index in [-0.39, 0.29) is 0 Å². The minimum atomic E-state index is -3.04. The molecule has 0 unspecified atom stereocenters. The van der Waals surface area contributed by atoms with Crippen molar-refractivity contribution in [3.63, 3.8) is 0 Å². The molecule has 8 aromatic heterocycles. The molecule has 26 rings (SSSR count). The molecule has 131 heavy (non-hydrogen) atoms. The van der Waals surface area contributed by atoms with E-state index in [1.165, 1.54) is 35.2 Å². The van der Waals surface area contributed by atoms with E-state index in [1.807, 2.05) is 146 Å². The summed E-state index contributed by atoms with van der Waals surface area (Å²) in [5.74, 6) is 1.85. The Morgan fingerprint density at radius 1 is 0.198 bits per heavy atom. The van der Waals surface area contributed by atoms with Gasteiger partial charge in [-0.1, -0.05) is 322 Å². The van der Waals surface area contributed by atoms with E-state index < -0.39 is 7.14 Å². The molecule has 0 aliphatic rings. The molecule has 18 heteroatoms. The molecule has 14 nitrogen and oxygen atoms in total. The van der Waals surface area contributed by atoms with Crippen molar-refractivity contribution < 1.29 is 4.57 Å². The van der Waals surface area contributed by atoms with E-state index in [4.69, 9.17) is 33.7 Å². The second kappa shape index (κ2) is 33.1. The van der Waals surface area contributed by atoms with Crippen molar-refractivity contribution in [3.8, 4) is 101 Å². The number of pyridine rings is 3. The zero-order chi connectivity index (χ0) is 86.9. The smallest absolute Gasteiger partial charge is 0.171 e. The molecule has 616 valence electrons. The third kappa shape index (κ3) is 14.0. The van der Waals surface area contributed by atoms with Crippen molar-refractivity contribution in [2.24, 2.45) is 0 Å². The van der Waals surface area contributed by atoms with Crippen LogP contribution in [-0.2, 0) is 4.57 Å². The largest absolute Gasteiger partial charge is 0.309 e. The minimum absolute atomic E-state index is 0.809. The molecule has 0 saturated carbocycles. The summed E-state index contributed by atoms with van der Waals surface area (Å²) in [4.78, 5) is 25.7. The SMILES string of the molecule is O=P(c1ccccc1)(c1ccccc1)c1ccc(-c2ccc3c(c2)nc(-c2ccccc2)c2ccc4nsnc4c23)cc1.c1ccc(-c2nc3cc(-c4ccc(-c5nc6ccccc6n5-c5ccccc5)cc4)ccc3c3c2ccc2nsnc23)cc1.c1ccc(-c2nc3cc(-c4ccc(-n5c(-c6ccccc6)nc6ccccc65)cc4)ccc3c3c2ccc2nsnc23)cc1. The third-order valence-corrected chi connectivity index (χ3v) is 29.3. The van der Waals surface area contributed by atoms with Gasteiger partial charge in [0.05, 0.1) is 90.9 Å². The normalized spacial score (nSPS) is 11.7. The number of hydrogen-bond acceptors (Lipinski definition) is 15. The number of benzene rings is 18. The Hall–Kier alpha value is -16.4. The van der Waals surface area contributed by atoms with E-state index >= 15 is 0 Å². The van der Waals surface area contributed by atoms with Gasteiger partial charge in [-0.25, -0.2) is 24.9 Å². The Balaban J connectivity index is 0.000000109. The molecule has 18 aromatic carbocycles. The van der Waals surface area contributed by atoms with Gasteiger partial charge < -0.3 is 4.57 Å². The summed E-state index contributed by atoms with van der Waals surface area (Å²) in [5, 5.41) is 12.2. The topological polar surface area (TPSA) is 169 Å². The van der Waals surface area contributed by atoms with E-state index in [9.17, 15) is 4.57 Å². The van der Waals surface area contributed by atoms with E-state index in [2.05, 4.69) is 306 Å². The maximum atomic E-state index is 14.8. The van der Waals surface area contributed by atoms with Crippen LogP contribution in [0.1, 0.15) is 0 Å². The highest BCUT2D eigenvalue weighted by Gasteiger charge is 2.30. The first-order valence-corrected chi connectivity index (χ1v) is 47.0. The van der Waals surface area contributed by atoms with Crippen LogP contribution in [0.2, 0.25) is 0 Å². The first kappa shape index (κ1) is 78.1. The molecule has 0 saturated heterocycles. The van der Waals surface area contributed by atoms with Crippen LogP contribution in [0.15, 0.2) is 425 Å². The quantitative estimate of drug-likeness (QED) is 0.0792. The molecule has 0 spiro atoms. The Kier molecular flexibility index (Phi) is 19.7. The van der Waals surface area contributed by atoms with Gasteiger partial charge in [-0.05, 0) is 137 Å². The van der Waals surface area contributed by atoms with Gasteiger partial charge in [-0.2, -0.15) is 26.2 Å². The first-order chi connectivity index (χ1) is 64.8. The Morgan fingerprint density at radius 2 is 0.473 bits per heavy atom. The summed E-state index contributed by atoms with van der Waals surface area (Å²) in [6.45, 7) is 0. The highest BCUT2D eigenvalue weighted by atomic mass is 32.1. The molecular weight excluding hydrogens is 1680 g/mol. The van der Waals surface area contributed by atoms with Gasteiger partial charge in [-0.3, -0.25) is 9.13 Å². The standard InChI is InChI=1S/2C38H23N5S.C37H24N3OPS/c1-3-9-25(10-4-1)36-30-21-22-32-37(42-44-41-32)35(30)29-20-17-27(23-33(29)39-36)24-15-18-28(19-16-24)43-34-14-8-7-13-31(34)40-38(43)26-11-5-2-6-12-26;1-3-9-25(10-4-1)36-30-21-22-32-37(42-44-41-32)35(30)29-20-19-27(23-33(29)39-36)24-15-17-26(18-16-24)38-40-31-13-7-8-14-34(31)43(38)28-11-5-2-6-12-28;41-42(28-12-6-2-7-13-28,29-14-8-3-9-15-29)30-19-16-25(17-20-30)27-18-21-31-34(24-27)38-36(26-10-4-1-5-11-26)32-22-23-33-37(35(31)32)40-43-39-33/h2*1-23H;1-24H. The van der Waals surface area contributed by atoms with Crippen LogP contribution in [0, 0.1) is 0 Å². The molecule has 26 aromatic rings. The maximum Gasteiger partial charge on any atom is 0.171 e. The summed E-state index contributed by atoms with van der Waals surface area (Å²) in [6.07, 6.45) is 0. The van der Waals surface area contributed by atoms with Gasteiger partial charge in [0.2, 0.25) is 0 Å². The van der Waals surface area contributed by atoms with Crippen LogP contribution in [0.4, 0.5) is 0 Å². The van der Waals surface area contributed by atoms with Gasteiger partial charge in [0.1, 0.15) is 44.7 Å². The minimum Gasteiger partial charge on any atom is -0.309 e. The first-order valence-electron chi connectivity index (χ1n) is 43.1. The lowest BCUT2D eigenvalue weighted by molar-refractivity contribution is 0.592. The van der Waals surface area contributed by atoms with Crippen molar-refractivity contribution >= 4 is 178 Å². The van der Waals surface area contributed by atoms with Crippen molar-refractivity contribution in [2.75, 3.05) is 0 Å². The summed E-state index contributed by atoms with van der Waals surface area (Å²) in [7, 11) is -3.04. The summed E-state index contributed by atoms with van der Waals surface area (Å²) in [6, 6.07) is 145. The van der Waals surface area contributed by atoms with Crippen LogP contribution < -0.4 is 15.9 Å². The lowest BCUT2D eigenvalue weighted by atomic mass is 9.96. The van der Waals surface area contributed by atoms with Gasteiger partial charge in [0.25, 0.3) is 0 Å². The summed E-state index contributed by atoms with van der Waals surface area (Å²) >= 11 is 3.74. The zero-order valence-electron chi connectivity index (χ0n) is 69.8. The second-order valence-corrected chi connectivity index (χ2v) is 36.6. The number of fused-ring (bicyclic) bond motifs is 17. The Bertz CT molecular complexity index is 8870. The van der Waals surface area contributed by atoms with Crippen molar-refractivity contribution in [1.82, 2.24) is 60.3 Å². The average Bonchev–Trinajstić information content (AvgIpc) is 1.69. The monoisotopic (exact) mass is 1750 g/mol. The fourth-order valence-electron chi connectivity index (χ4n) is 18.3. The van der Waals surface area contributed by atoms with E-state index in [0.29, 0.717) is 0 Å². The fraction of sp³-hybridized carbons (Fsp3) is 0. The highest BCUT2D eigenvalue weighted by molar-refractivity contribution is 7.85. The highest BCUT2D eigenvalue weighted by Crippen LogP contribution is 2.46. The van der Waals surface area contributed by atoms with Gasteiger partial charge >= 0.3 is 0 Å². The van der Waals surface area contributed by atoms with E-state index in [1.54, 1.807) is 0 Å². The summed E-state index contributed by atoms with van der Waals surface area (Å²) in [5.41, 5.74) is 29.3. The number of imidazole rings is 2. The number of rotatable bonds is 13. The van der Waals surface area contributed by atoms with Crippen LogP contribution in [0.3, 0.4) is 0 Å². The molecular formula is C113H70N13OPS3. The number of aromatic nitrogens is 13. The van der Waals surface area contributed by atoms with Gasteiger partial charge in [0, 0.05) is 104 Å². The van der Waals surface area contributed by atoms with Crippen molar-refractivity contribution in [2.45, 2.75) is 0 Å². The molecule has 0 amide bonds. The predicted molar refractivity (Wildman–Crippen MR) is 543 cm³/mol. The molecule has 0 bridgehead atoms. The Labute approximate surface area is 763 Å². The van der Waals surface area contributed by atoms with E-state index in [0.717, 1.165) is 237 Å². The van der Waals surface area contributed by atoms with Crippen LogP contribution in [0.25, 0.3) is 221 Å². The van der Waals surface area contributed by atoms with Crippen LogP contribution in [-0.4, -0.2) is 60.3 Å². The van der Waals surface area contributed by atoms with Crippen LogP contribution in [0.5, 0.6) is 0 Å². The fourth-order valence-corrected chi connectivity index (χ4v) is 22.6. The average molecular weight is 1750 g/mol. The zero-order valence-corrected chi connectivity index (χ0v) is 73.2. The molecule has 0 N–H and O–H groups in total. The van der Waals surface area contributed by atoms with Gasteiger partial charge in [0.15, 0.2) is 7.14 Å². The number of nitrogens with zero attached hydrogens (tertiary/aromatic N) is 13. The molecule has 0 fully saturated rings. The lowest BCUT2D eigenvalue weighted by Gasteiger charge is -2.20. The lowest BCUT2D eigenvalue weighted by Crippen LogP contribution is -2.24. The molecule has 8 heterocycles. The maximum absolute atomic E-state index is 14.8. The van der Waals surface area contributed by atoms with Crippen molar-refractivity contribution in [3.05, 3.63) is 425 Å². The predicted octanol–water partition coefficient (Wildman–Crippen LogP) is 27.8. The molecule has 0 aliphatic carbocycles. The Morgan fingerprint density at radius 3 is 0.847 bits per heavy atom. The number of hydrogen-bond donors (Lipinski definition) is 0. The number of para-hydroxylation sites is 5. The molecule has 0 atom stereocenters. The van der Waals surface area contributed by atoms with Crippen molar-refractivity contribution in [1.29, 1.82) is 0 Å². The van der Waals surface area contributed by atoms with Crippen LogP contribution >= 0.6 is 42.3 Å². The molecule has 0 aliphatic heterocycles. The summed E-state index contributed by atoms with van der Waals surface area (Å²) < 4.78 is 46.9.